The van der Waals surface area contributed by atoms with Crippen molar-refractivity contribution in [2.45, 2.75) is 19.8 Å². The van der Waals surface area contributed by atoms with Gasteiger partial charge in [-0.05, 0) is 66.9 Å². The minimum absolute atomic E-state index is 0.280. The molecule has 1 aliphatic heterocycles. The van der Waals surface area contributed by atoms with Gasteiger partial charge in [-0.3, -0.25) is 9.59 Å². The van der Waals surface area contributed by atoms with Gasteiger partial charge in [-0.2, -0.15) is 4.98 Å². The zero-order chi connectivity index (χ0) is 24.7. The van der Waals surface area contributed by atoms with E-state index in [-0.39, 0.29) is 5.91 Å². The van der Waals surface area contributed by atoms with Crippen LogP contribution in [0.2, 0.25) is 0 Å². The molecule has 1 aliphatic rings. The number of aromatic nitrogens is 2. The Morgan fingerprint density at radius 3 is 2.40 bits per heavy atom. The van der Waals surface area contributed by atoms with Crippen LogP contribution in [0, 0.1) is 6.92 Å². The summed E-state index contributed by atoms with van der Waals surface area (Å²) < 4.78 is 10.8. The van der Waals surface area contributed by atoms with Gasteiger partial charge in [-0.25, -0.2) is 0 Å². The van der Waals surface area contributed by atoms with Crippen LogP contribution in [0.5, 0.6) is 5.75 Å². The number of carboxylic acids is 1. The second-order valence-corrected chi connectivity index (χ2v) is 8.27. The number of methoxy groups -OCH3 is 1. The fourth-order valence-electron chi connectivity index (χ4n) is 4.00. The number of amides is 1. The molecule has 4 aromatic rings. The van der Waals surface area contributed by atoms with Crippen molar-refractivity contribution in [1.29, 1.82) is 0 Å². The quantitative estimate of drug-likeness (QED) is 0.362. The highest BCUT2D eigenvalue weighted by Crippen LogP contribution is 2.38. The van der Waals surface area contributed by atoms with E-state index in [9.17, 15) is 14.7 Å². The summed E-state index contributed by atoms with van der Waals surface area (Å²) in [5.74, 6) is -0.412. The van der Waals surface area contributed by atoms with Gasteiger partial charge in [-0.1, -0.05) is 23.4 Å². The van der Waals surface area contributed by atoms with E-state index in [1.165, 1.54) is 0 Å². The second-order valence-electron chi connectivity index (χ2n) is 8.27. The molecule has 176 valence electrons. The third-order valence-corrected chi connectivity index (χ3v) is 5.99. The minimum atomic E-state index is -0.929. The van der Waals surface area contributed by atoms with Crippen LogP contribution in [0.1, 0.15) is 34.6 Å². The summed E-state index contributed by atoms with van der Waals surface area (Å²) in [7, 11) is 1.57. The number of carbonyl (C=O) groups is 2. The number of carbonyl (C=O) groups excluding carboxylic acids is 1. The summed E-state index contributed by atoms with van der Waals surface area (Å²) in [5.41, 5.74) is 5.35. The summed E-state index contributed by atoms with van der Waals surface area (Å²) >= 11 is 0. The number of nitrogens with one attached hydrogen (secondary N) is 2. The molecule has 0 radical (unpaired) electrons. The van der Waals surface area contributed by atoms with Crippen molar-refractivity contribution >= 4 is 28.9 Å². The van der Waals surface area contributed by atoms with Crippen molar-refractivity contribution in [2.75, 3.05) is 17.7 Å². The van der Waals surface area contributed by atoms with Gasteiger partial charge in [0, 0.05) is 0 Å². The van der Waals surface area contributed by atoms with Gasteiger partial charge >= 0.3 is 5.97 Å². The number of hydrogen-bond donors (Lipinski definition) is 3. The molecule has 1 unspecified atom stereocenters. The van der Waals surface area contributed by atoms with Gasteiger partial charge in [0.15, 0.2) is 5.82 Å². The number of aliphatic carboxylic acids is 1. The predicted octanol–water partition coefficient (Wildman–Crippen LogP) is 5.22. The third-order valence-electron chi connectivity index (χ3n) is 5.99. The number of benzene rings is 3. The maximum absolute atomic E-state index is 12.9. The lowest BCUT2D eigenvalue weighted by Gasteiger charge is -2.13. The molecular weight excluding hydrogens is 448 g/mol. The number of ether oxygens (including phenoxy) is 1. The van der Waals surface area contributed by atoms with Gasteiger partial charge in [-0.15, -0.1) is 0 Å². The standard InChI is InChI=1S/C26H22N4O5/c1-13(26(32)33)15-6-9-20-22(10-15)29-24(31)18-7-4-16(11-21(18)28-20)17-5-8-19(23(12-17)34-3)25-27-14(2)30-35-25/h4-13,28H,1-3H3,(H,29,31)(H,32,33). The molecule has 0 bridgehead atoms. The Hall–Kier alpha value is -4.66. The molecule has 35 heavy (non-hydrogen) atoms. The lowest BCUT2D eigenvalue weighted by Crippen LogP contribution is -2.12. The normalized spacial score (nSPS) is 13.1. The van der Waals surface area contributed by atoms with Crippen LogP contribution in [0.3, 0.4) is 0 Å². The molecule has 1 amide bonds. The largest absolute Gasteiger partial charge is 0.496 e. The van der Waals surface area contributed by atoms with E-state index < -0.39 is 11.9 Å². The number of fused-ring (bicyclic) bond motifs is 2. The number of nitrogens with zero attached hydrogens (tertiary/aromatic N) is 2. The van der Waals surface area contributed by atoms with Crippen molar-refractivity contribution in [2.24, 2.45) is 0 Å². The Labute approximate surface area is 200 Å². The summed E-state index contributed by atoms with van der Waals surface area (Å²) in [5, 5.41) is 19.4. The van der Waals surface area contributed by atoms with Gasteiger partial charge in [0.25, 0.3) is 11.8 Å². The maximum atomic E-state index is 12.9. The molecule has 9 nitrogen and oxygen atoms in total. The average molecular weight is 470 g/mol. The molecule has 0 spiro atoms. The first kappa shape index (κ1) is 22.1. The van der Waals surface area contributed by atoms with Gasteiger partial charge in [0.1, 0.15) is 5.75 Å². The molecule has 0 saturated heterocycles. The van der Waals surface area contributed by atoms with E-state index in [4.69, 9.17) is 9.26 Å². The fourth-order valence-corrected chi connectivity index (χ4v) is 4.00. The topological polar surface area (TPSA) is 127 Å². The van der Waals surface area contributed by atoms with Crippen LogP contribution in [0.4, 0.5) is 17.1 Å². The molecule has 0 saturated carbocycles. The summed E-state index contributed by atoms with van der Waals surface area (Å²) in [6.07, 6.45) is 0. The third kappa shape index (κ3) is 4.08. The molecule has 2 heterocycles. The zero-order valence-electron chi connectivity index (χ0n) is 19.2. The molecule has 0 fully saturated rings. The highest BCUT2D eigenvalue weighted by atomic mass is 16.5. The number of carboxylic acid groups (broad SMARTS) is 1. The number of anilines is 3. The van der Waals surface area contributed by atoms with Gasteiger partial charge in [0.2, 0.25) is 0 Å². The average Bonchev–Trinajstić information content (AvgIpc) is 3.23. The summed E-state index contributed by atoms with van der Waals surface area (Å²) in [6.45, 7) is 3.36. The van der Waals surface area contributed by atoms with Gasteiger partial charge < -0.3 is 25.0 Å². The van der Waals surface area contributed by atoms with Crippen molar-refractivity contribution in [1.82, 2.24) is 10.1 Å². The van der Waals surface area contributed by atoms with Crippen LogP contribution in [0.15, 0.2) is 59.1 Å². The Bertz CT molecular complexity index is 1480. The molecule has 3 N–H and O–H groups in total. The molecule has 3 aromatic carbocycles. The van der Waals surface area contributed by atoms with Crippen molar-refractivity contribution in [3.8, 4) is 28.3 Å². The monoisotopic (exact) mass is 470 g/mol. The predicted molar refractivity (Wildman–Crippen MR) is 130 cm³/mol. The van der Waals surface area contributed by atoms with Crippen LogP contribution in [-0.4, -0.2) is 34.2 Å². The van der Waals surface area contributed by atoms with Crippen LogP contribution in [-0.2, 0) is 4.79 Å². The smallest absolute Gasteiger partial charge is 0.310 e. The first-order valence-electron chi connectivity index (χ1n) is 10.9. The zero-order valence-corrected chi connectivity index (χ0v) is 19.2. The van der Waals surface area contributed by atoms with E-state index >= 15 is 0 Å². The summed E-state index contributed by atoms with van der Waals surface area (Å²) in [4.78, 5) is 28.6. The van der Waals surface area contributed by atoms with E-state index in [1.807, 2.05) is 30.3 Å². The Morgan fingerprint density at radius 2 is 1.71 bits per heavy atom. The Morgan fingerprint density at radius 1 is 0.971 bits per heavy atom. The molecule has 0 aliphatic carbocycles. The summed E-state index contributed by atoms with van der Waals surface area (Å²) in [6, 6.07) is 16.4. The van der Waals surface area contributed by atoms with E-state index in [0.29, 0.717) is 51.2 Å². The lowest BCUT2D eigenvalue weighted by atomic mass is 10.00. The van der Waals surface area contributed by atoms with E-state index in [2.05, 4.69) is 20.8 Å². The van der Waals surface area contributed by atoms with Crippen molar-refractivity contribution < 1.29 is 24.0 Å². The Balaban J connectivity index is 1.51. The van der Waals surface area contributed by atoms with Crippen LogP contribution in [0.25, 0.3) is 22.6 Å². The number of rotatable bonds is 5. The van der Waals surface area contributed by atoms with Crippen LogP contribution < -0.4 is 15.4 Å². The lowest BCUT2D eigenvalue weighted by molar-refractivity contribution is -0.138. The SMILES string of the molecule is COc1cc(-c2ccc3c(c2)Nc2ccc(C(C)C(=O)O)cc2NC3=O)ccc1-c1nc(C)no1. The van der Waals surface area contributed by atoms with Crippen molar-refractivity contribution in [3.05, 3.63) is 71.5 Å². The fraction of sp³-hybridized carbons (Fsp3) is 0.154. The highest BCUT2D eigenvalue weighted by molar-refractivity contribution is 6.12. The van der Waals surface area contributed by atoms with Gasteiger partial charge in [0.05, 0.1) is 41.2 Å². The molecule has 1 atom stereocenters. The van der Waals surface area contributed by atoms with Crippen LogP contribution >= 0.6 is 0 Å². The maximum Gasteiger partial charge on any atom is 0.310 e. The molecular formula is C26H22N4O5. The molecule has 5 rings (SSSR count). The molecule has 1 aromatic heterocycles. The number of hydrogen-bond acceptors (Lipinski definition) is 7. The first-order chi connectivity index (χ1) is 16.8. The Kier molecular flexibility index (Phi) is 5.44. The van der Waals surface area contributed by atoms with E-state index in [1.54, 1.807) is 45.2 Å². The van der Waals surface area contributed by atoms with E-state index in [0.717, 1.165) is 11.1 Å². The second kappa shape index (κ2) is 8.60. The number of aryl methyl sites for hydroxylation is 1. The first-order valence-corrected chi connectivity index (χ1v) is 10.9. The minimum Gasteiger partial charge on any atom is -0.496 e. The highest BCUT2D eigenvalue weighted by Gasteiger charge is 2.22. The van der Waals surface area contributed by atoms with Crippen molar-refractivity contribution in [3.63, 3.8) is 0 Å². The molecule has 9 heteroatoms.